The Morgan fingerprint density at radius 1 is 1.36 bits per heavy atom. The summed E-state index contributed by atoms with van der Waals surface area (Å²) in [6.45, 7) is 8.67. The number of nitrogens with zero attached hydrogens (tertiary/aromatic N) is 1. The van der Waals surface area contributed by atoms with Crippen LogP contribution in [0, 0.1) is 12.8 Å². The van der Waals surface area contributed by atoms with Crippen molar-refractivity contribution in [2.45, 2.75) is 31.7 Å². The van der Waals surface area contributed by atoms with E-state index in [0.29, 0.717) is 17.9 Å². The molecule has 2 aromatic rings. The second-order valence-corrected chi connectivity index (χ2v) is 7.23. The maximum atomic E-state index is 4.07. The summed E-state index contributed by atoms with van der Waals surface area (Å²) in [5.74, 6) is 1.31. The first-order chi connectivity index (χ1) is 10.7. The van der Waals surface area contributed by atoms with Crippen molar-refractivity contribution in [3.63, 3.8) is 0 Å². The number of piperidine rings is 1. The van der Waals surface area contributed by atoms with Gasteiger partial charge in [-0.25, -0.2) is 0 Å². The number of nitrogens with one attached hydrogen (secondary N) is 1. The Morgan fingerprint density at radius 2 is 2.27 bits per heavy atom. The second-order valence-electron chi connectivity index (χ2n) is 7.23. The highest BCUT2D eigenvalue weighted by Crippen LogP contribution is 2.47. The van der Waals surface area contributed by atoms with Gasteiger partial charge in [-0.05, 0) is 49.0 Å². The van der Waals surface area contributed by atoms with Gasteiger partial charge in [0.25, 0.3) is 0 Å². The molecule has 4 heterocycles. The maximum Gasteiger partial charge on any atom is 0.0459 e. The number of aromatic nitrogens is 1. The molecule has 1 saturated heterocycles. The standard InChI is InChI=1S/C20H22N2/c1-3-14-9-13-10-17-19-15(6-7-22(11-13)20(14)17)16-8-12(2)4-5-18(16)21-19/h3-5,8-9,13,17,20-21H,1,6-7,10-11H2,2H3. The van der Waals surface area contributed by atoms with Gasteiger partial charge >= 0.3 is 0 Å². The minimum Gasteiger partial charge on any atom is -0.358 e. The first kappa shape index (κ1) is 12.7. The number of hydrogen-bond acceptors (Lipinski definition) is 1. The summed E-state index contributed by atoms with van der Waals surface area (Å²) in [6.07, 6.45) is 7.02. The largest absolute Gasteiger partial charge is 0.358 e. The Morgan fingerprint density at radius 3 is 3.14 bits per heavy atom. The Bertz CT molecular complexity index is 810. The van der Waals surface area contributed by atoms with E-state index in [9.17, 15) is 0 Å². The van der Waals surface area contributed by atoms with Gasteiger partial charge in [0.1, 0.15) is 0 Å². The maximum absolute atomic E-state index is 4.07. The fourth-order valence-corrected chi connectivity index (χ4v) is 5.05. The summed E-state index contributed by atoms with van der Waals surface area (Å²) >= 11 is 0. The molecule has 4 unspecified atom stereocenters. The molecule has 0 saturated carbocycles. The lowest BCUT2D eigenvalue weighted by atomic mass is 9.72. The van der Waals surface area contributed by atoms with E-state index >= 15 is 0 Å². The van der Waals surface area contributed by atoms with Crippen LogP contribution in [0.15, 0.2) is 42.5 Å². The van der Waals surface area contributed by atoms with Crippen LogP contribution in [0.3, 0.4) is 0 Å². The van der Waals surface area contributed by atoms with Crippen LogP contribution in [0.25, 0.3) is 10.9 Å². The molecule has 4 bridgehead atoms. The Labute approximate surface area is 131 Å². The van der Waals surface area contributed by atoms with Crippen LogP contribution in [0.5, 0.6) is 0 Å². The molecule has 3 aliphatic heterocycles. The summed E-state index contributed by atoms with van der Waals surface area (Å²) in [7, 11) is 0. The fraction of sp³-hybridized carbons (Fsp3) is 0.400. The van der Waals surface area contributed by atoms with Crippen molar-refractivity contribution in [3.05, 3.63) is 59.3 Å². The van der Waals surface area contributed by atoms with Gasteiger partial charge in [0.2, 0.25) is 0 Å². The van der Waals surface area contributed by atoms with Crippen molar-refractivity contribution >= 4 is 10.9 Å². The number of hydrogen-bond donors (Lipinski definition) is 1. The van der Waals surface area contributed by atoms with Crippen LogP contribution in [0.2, 0.25) is 0 Å². The normalized spacial score (nSPS) is 32.5. The number of benzene rings is 1. The summed E-state index contributed by atoms with van der Waals surface area (Å²) in [5.41, 5.74) is 7.20. The third-order valence-corrected chi connectivity index (χ3v) is 5.92. The predicted molar refractivity (Wildman–Crippen MR) is 91.2 cm³/mol. The van der Waals surface area contributed by atoms with Crippen molar-refractivity contribution in [2.24, 2.45) is 5.92 Å². The van der Waals surface area contributed by atoms with Gasteiger partial charge in [0.15, 0.2) is 0 Å². The summed E-state index contributed by atoms with van der Waals surface area (Å²) in [6, 6.07) is 7.37. The molecule has 6 rings (SSSR count). The van der Waals surface area contributed by atoms with E-state index < -0.39 is 0 Å². The predicted octanol–water partition coefficient (Wildman–Crippen LogP) is 3.93. The van der Waals surface area contributed by atoms with E-state index in [4.69, 9.17) is 0 Å². The SMILES string of the molecule is C=CC1=CC2CC3c4[nH]c5ccc(C)cc5c4CCN(C2)C13. The van der Waals surface area contributed by atoms with E-state index in [1.807, 2.05) is 0 Å². The van der Waals surface area contributed by atoms with Crippen LogP contribution in [0.1, 0.15) is 29.2 Å². The molecular formula is C20H22N2. The zero-order valence-corrected chi connectivity index (χ0v) is 13.1. The molecule has 0 radical (unpaired) electrons. The lowest BCUT2D eigenvalue weighted by molar-refractivity contribution is 0.116. The minimum atomic E-state index is 0.540. The molecule has 4 atom stereocenters. The van der Waals surface area contributed by atoms with Gasteiger partial charge in [0, 0.05) is 41.6 Å². The molecule has 2 nitrogen and oxygen atoms in total. The van der Waals surface area contributed by atoms with Crippen molar-refractivity contribution in [1.82, 2.24) is 9.88 Å². The third kappa shape index (κ3) is 1.59. The monoisotopic (exact) mass is 290 g/mol. The molecule has 112 valence electrons. The van der Waals surface area contributed by atoms with Gasteiger partial charge in [-0.2, -0.15) is 0 Å². The summed E-state index contributed by atoms with van der Waals surface area (Å²) in [4.78, 5) is 6.48. The van der Waals surface area contributed by atoms with Crippen molar-refractivity contribution in [1.29, 1.82) is 0 Å². The van der Waals surface area contributed by atoms with Crippen LogP contribution in [0.4, 0.5) is 0 Å². The van der Waals surface area contributed by atoms with Gasteiger partial charge in [-0.15, -0.1) is 0 Å². The number of rotatable bonds is 1. The molecule has 1 aromatic heterocycles. The molecule has 0 amide bonds. The number of H-pyrrole nitrogens is 1. The Hall–Kier alpha value is -1.80. The average Bonchev–Trinajstić information content (AvgIpc) is 2.85. The zero-order valence-electron chi connectivity index (χ0n) is 13.1. The smallest absolute Gasteiger partial charge is 0.0459 e. The van der Waals surface area contributed by atoms with Crippen LogP contribution in [-0.2, 0) is 6.42 Å². The zero-order chi connectivity index (χ0) is 14.8. The van der Waals surface area contributed by atoms with Crippen LogP contribution < -0.4 is 0 Å². The molecular weight excluding hydrogens is 268 g/mol. The third-order valence-electron chi connectivity index (χ3n) is 5.92. The van der Waals surface area contributed by atoms with Crippen molar-refractivity contribution in [2.75, 3.05) is 13.1 Å². The molecule has 22 heavy (non-hydrogen) atoms. The van der Waals surface area contributed by atoms with Crippen molar-refractivity contribution in [3.8, 4) is 0 Å². The van der Waals surface area contributed by atoms with E-state index in [1.54, 1.807) is 5.56 Å². The molecule has 0 spiro atoms. The van der Waals surface area contributed by atoms with E-state index in [2.05, 4.69) is 53.7 Å². The highest BCUT2D eigenvalue weighted by Gasteiger charge is 2.44. The number of fused-ring (bicyclic) bond motifs is 3. The lowest BCUT2D eigenvalue weighted by Crippen LogP contribution is -2.51. The lowest BCUT2D eigenvalue weighted by Gasteiger charge is -2.47. The van der Waals surface area contributed by atoms with E-state index in [0.717, 1.165) is 0 Å². The van der Waals surface area contributed by atoms with E-state index in [1.165, 1.54) is 53.7 Å². The minimum absolute atomic E-state index is 0.540. The van der Waals surface area contributed by atoms with Crippen LogP contribution >= 0.6 is 0 Å². The Balaban J connectivity index is 1.73. The number of aryl methyl sites for hydroxylation is 1. The molecule has 4 aliphatic rings. The summed E-state index contributed by atoms with van der Waals surface area (Å²) in [5, 5.41) is 1.45. The number of aromatic amines is 1. The average molecular weight is 290 g/mol. The van der Waals surface area contributed by atoms with Crippen molar-refractivity contribution < 1.29 is 0 Å². The quantitative estimate of drug-likeness (QED) is 0.843. The molecule has 1 aliphatic carbocycles. The molecule has 1 N–H and O–H groups in total. The Kier molecular flexibility index (Phi) is 2.52. The van der Waals surface area contributed by atoms with E-state index in [-0.39, 0.29) is 0 Å². The first-order valence-electron chi connectivity index (χ1n) is 8.44. The molecule has 2 heteroatoms. The van der Waals surface area contributed by atoms with Gasteiger partial charge in [-0.3, -0.25) is 4.90 Å². The highest BCUT2D eigenvalue weighted by atomic mass is 15.2. The summed E-state index contributed by atoms with van der Waals surface area (Å²) < 4.78 is 0. The first-order valence-corrected chi connectivity index (χ1v) is 8.44. The van der Waals surface area contributed by atoms with Gasteiger partial charge in [0.05, 0.1) is 0 Å². The van der Waals surface area contributed by atoms with Gasteiger partial charge < -0.3 is 4.98 Å². The highest BCUT2D eigenvalue weighted by molar-refractivity contribution is 5.86. The molecule has 1 fully saturated rings. The molecule has 1 aromatic carbocycles. The van der Waals surface area contributed by atoms with Crippen LogP contribution in [-0.4, -0.2) is 29.0 Å². The second kappa shape index (κ2) is 4.36. The van der Waals surface area contributed by atoms with Gasteiger partial charge in [-0.1, -0.05) is 30.4 Å². The topological polar surface area (TPSA) is 19.0 Å². The fourth-order valence-electron chi connectivity index (χ4n) is 5.05.